The van der Waals surface area contributed by atoms with Crippen molar-refractivity contribution >= 4 is 12.0 Å². The number of carbonyl (C=O) groups is 2. The molecule has 0 saturated carbocycles. The zero-order chi connectivity index (χ0) is 13.2. The second kappa shape index (κ2) is 5.11. The lowest BCUT2D eigenvalue weighted by Gasteiger charge is -2.36. The van der Waals surface area contributed by atoms with Gasteiger partial charge in [0, 0.05) is 26.2 Å². The number of hydrogen-bond donors (Lipinski definition) is 2. The van der Waals surface area contributed by atoms with E-state index in [9.17, 15) is 9.59 Å². The fourth-order valence-corrected chi connectivity index (χ4v) is 2.32. The minimum absolute atomic E-state index is 0.391. The molecule has 2 amide bonds. The number of hydroxylamine groups is 2. The van der Waals surface area contributed by atoms with Gasteiger partial charge in [-0.2, -0.15) is 0 Å². The average molecular weight is 256 g/mol. The van der Waals surface area contributed by atoms with Crippen LogP contribution in [-0.2, 0) is 9.63 Å². The van der Waals surface area contributed by atoms with Crippen LogP contribution >= 0.6 is 0 Å². The van der Waals surface area contributed by atoms with Gasteiger partial charge in [0.25, 0.3) is 0 Å². The summed E-state index contributed by atoms with van der Waals surface area (Å²) in [4.78, 5) is 29.8. The van der Waals surface area contributed by atoms with E-state index >= 15 is 0 Å². The normalized spacial score (nSPS) is 23.9. The topological polar surface area (TPSA) is 102 Å². The first-order valence-corrected chi connectivity index (χ1v) is 6.32. The van der Waals surface area contributed by atoms with Crippen LogP contribution in [0.2, 0.25) is 0 Å². The summed E-state index contributed by atoms with van der Waals surface area (Å²) in [6, 6.07) is -0.468. The molecule has 0 unspecified atom stereocenters. The maximum atomic E-state index is 12.0. The van der Waals surface area contributed by atoms with Crippen molar-refractivity contribution in [3.05, 3.63) is 0 Å². The first kappa shape index (κ1) is 13.1. The van der Waals surface area contributed by atoms with E-state index in [-0.39, 0.29) is 0 Å². The standard InChI is InChI=1S/C11H20N4O3/c12-10(17)14-7-3-11(13,4-8-14)9(16)18-15-5-1-2-6-15/h1-8,13H2,(H2,12,17). The van der Waals surface area contributed by atoms with E-state index in [2.05, 4.69) is 0 Å². The van der Waals surface area contributed by atoms with Gasteiger partial charge in [-0.3, -0.25) is 0 Å². The molecule has 7 heteroatoms. The van der Waals surface area contributed by atoms with Gasteiger partial charge in [0.05, 0.1) is 0 Å². The second-order valence-electron chi connectivity index (χ2n) is 5.00. The zero-order valence-corrected chi connectivity index (χ0v) is 10.4. The molecular formula is C11H20N4O3. The molecule has 102 valence electrons. The van der Waals surface area contributed by atoms with Gasteiger partial charge >= 0.3 is 12.0 Å². The number of piperidine rings is 1. The Morgan fingerprint density at radius 1 is 1.06 bits per heavy atom. The molecule has 0 atom stereocenters. The molecule has 0 radical (unpaired) electrons. The lowest BCUT2D eigenvalue weighted by Crippen LogP contribution is -2.58. The quantitative estimate of drug-likeness (QED) is 0.687. The number of amides is 2. The van der Waals surface area contributed by atoms with Crippen LogP contribution in [0.3, 0.4) is 0 Å². The van der Waals surface area contributed by atoms with Crippen molar-refractivity contribution in [2.75, 3.05) is 26.2 Å². The molecule has 0 aromatic carbocycles. The molecule has 0 aliphatic carbocycles. The lowest BCUT2D eigenvalue weighted by molar-refractivity contribution is -0.193. The molecular weight excluding hydrogens is 236 g/mol. The molecule has 18 heavy (non-hydrogen) atoms. The molecule has 4 N–H and O–H groups in total. The summed E-state index contributed by atoms with van der Waals surface area (Å²) in [6.07, 6.45) is 2.87. The number of nitrogens with zero attached hydrogens (tertiary/aromatic N) is 2. The summed E-state index contributed by atoms with van der Waals surface area (Å²) >= 11 is 0. The molecule has 0 spiro atoms. The minimum Gasteiger partial charge on any atom is -0.366 e. The average Bonchev–Trinajstić information content (AvgIpc) is 2.82. The van der Waals surface area contributed by atoms with Crippen LogP contribution in [0.5, 0.6) is 0 Å². The van der Waals surface area contributed by atoms with Gasteiger partial charge in [0.15, 0.2) is 0 Å². The predicted molar refractivity (Wildman–Crippen MR) is 64.2 cm³/mol. The van der Waals surface area contributed by atoms with Gasteiger partial charge in [0.1, 0.15) is 5.54 Å². The van der Waals surface area contributed by atoms with Gasteiger partial charge in [-0.05, 0) is 25.7 Å². The maximum absolute atomic E-state index is 12.0. The molecule has 2 fully saturated rings. The van der Waals surface area contributed by atoms with Crippen LogP contribution in [0.4, 0.5) is 4.79 Å². The lowest BCUT2D eigenvalue weighted by atomic mass is 9.89. The highest BCUT2D eigenvalue weighted by Gasteiger charge is 2.41. The van der Waals surface area contributed by atoms with Crippen LogP contribution in [0.25, 0.3) is 0 Å². The maximum Gasteiger partial charge on any atom is 0.345 e. The van der Waals surface area contributed by atoms with Crippen LogP contribution in [0.1, 0.15) is 25.7 Å². The zero-order valence-electron chi connectivity index (χ0n) is 10.4. The summed E-state index contributed by atoms with van der Waals surface area (Å²) < 4.78 is 0. The molecule has 7 nitrogen and oxygen atoms in total. The molecule has 2 aliphatic rings. The second-order valence-corrected chi connectivity index (χ2v) is 5.00. The summed E-state index contributed by atoms with van der Waals surface area (Å²) in [5.74, 6) is -0.395. The number of urea groups is 1. The Hall–Kier alpha value is -1.34. The molecule has 2 aliphatic heterocycles. The number of hydrogen-bond acceptors (Lipinski definition) is 5. The van der Waals surface area contributed by atoms with Gasteiger partial charge in [-0.1, -0.05) is 0 Å². The highest BCUT2D eigenvalue weighted by Crippen LogP contribution is 2.22. The summed E-state index contributed by atoms with van der Waals surface area (Å²) in [7, 11) is 0. The van der Waals surface area contributed by atoms with Crippen LogP contribution in [-0.4, -0.2) is 53.7 Å². The van der Waals surface area contributed by atoms with Crippen molar-refractivity contribution in [1.82, 2.24) is 9.96 Å². The van der Waals surface area contributed by atoms with E-state index in [4.69, 9.17) is 16.3 Å². The Balaban J connectivity index is 1.87. The molecule has 2 saturated heterocycles. The highest BCUT2D eigenvalue weighted by atomic mass is 16.7. The third kappa shape index (κ3) is 2.73. The van der Waals surface area contributed by atoms with E-state index < -0.39 is 17.5 Å². The van der Waals surface area contributed by atoms with E-state index in [1.165, 1.54) is 4.90 Å². The van der Waals surface area contributed by atoms with Crippen molar-refractivity contribution in [3.63, 3.8) is 0 Å². The van der Waals surface area contributed by atoms with E-state index in [1.54, 1.807) is 5.06 Å². The fourth-order valence-electron chi connectivity index (χ4n) is 2.32. The first-order chi connectivity index (χ1) is 8.51. The van der Waals surface area contributed by atoms with Crippen molar-refractivity contribution in [3.8, 4) is 0 Å². The van der Waals surface area contributed by atoms with E-state index in [1.807, 2.05) is 0 Å². The van der Waals surface area contributed by atoms with Gasteiger partial charge in [0.2, 0.25) is 0 Å². The highest BCUT2D eigenvalue weighted by molar-refractivity contribution is 5.81. The molecule has 0 aromatic heterocycles. The third-order valence-corrected chi connectivity index (χ3v) is 3.65. The number of nitrogens with two attached hydrogens (primary N) is 2. The number of rotatable bonds is 2. The summed E-state index contributed by atoms with van der Waals surface area (Å²) in [6.45, 7) is 2.35. The summed E-state index contributed by atoms with van der Waals surface area (Å²) in [5, 5.41) is 1.66. The fraction of sp³-hybridized carbons (Fsp3) is 0.818. The van der Waals surface area contributed by atoms with Crippen molar-refractivity contribution in [2.45, 2.75) is 31.2 Å². The smallest absolute Gasteiger partial charge is 0.345 e. The SMILES string of the molecule is NC(=O)N1CCC(N)(C(=O)ON2CCCC2)CC1. The van der Waals surface area contributed by atoms with E-state index in [0.717, 1.165) is 25.9 Å². The summed E-state index contributed by atoms with van der Waals surface area (Å²) in [5.41, 5.74) is 10.3. The Kier molecular flexibility index (Phi) is 3.72. The Bertz CT molecular complexity index is 333. The molecule has 0 bridgehead atoms. The van der Waals surface area contributed by atoms with Crippen molar-refractivity contribution < 1.29 is 14.4 Å². The monoisotopic (exact) mass is 256 g/mol. The molecule has 0 aromatic rings. The largest absolute Gasteiger partial charge is 0.366 e. The van der Waals surface area contributed by atoms with Crippen LogP contribution in [0, 0.1) is 0 Å². The van der Waals surface area contributed by atoms with Crippen LogP contribution in [0.15, 0.2) is 0 Å². The first-order valence-electron chi connectivity index (χ1n) is 6.32. The Labute approximate surface area is 106 Å². The van der Waals surface area contributed by atoms with Crippen LogP contribution < -0.4 is 11.5 Å². The van der Waals surface area contributed by atoms with Crippen molar-refractivity contribution in [1.29, 1.82) is 0 Å². The Morgan fingerprint density at radius 2 is 1.61 bits per heavy atom. The third-order valence-electron chi connectivity index (χ3n) is 3.65. The van der Waals surface area contributed by atoms with Crippen molar-refractivity contribution in [2.24, 2.45) is 11.5 Å². The number of carbonyl (C=O) groups excluding carboxylic acids is 2. The molecule has 2 heterocycles. The van der Waals surface area contributed by atoms with Gasteiger partial charge in [-0.25, -0.2) is 9.59 Å². The predicted octanol–water partition coefficient (Wildman–Crippen LogP) is -0.588. The number of likely N-dealkylation sites (tertiary alicyclic amines) is 1. The van der Waals surface area contributed by atoms with E-state index in [0.29, 0.717) is 25.9 Å². The molecule has 2 rings (SSSR count). The van der Waals surface area contributed by atoms with Gasteiger partial charge < -0.3 is 21.2 Å². The van der Waals surface area contributed by atoms with Gasteiger partial charge in [-0.15, -0.1) is 5.06 Å². The Morgan fingerprint density at radius 3 is 2.11 bits per heavy atom. The minimum atomic E-state index is -0.992. The number of primary amides is 1.